The summed E-state index contributed by atoms with van der Waals surface area (Å²) >= 11 is 3.09. The standard InChI is InChI=1S/C25H24F3N3O3S2/c1-16-9-13-36-23(16)20-14-19(21-4-3-12-35-21)29-31(20)22(32)15-30(10-11-34-2)24(33)17-5-7-18(8-6-17)25(26,27)28/h3-9,12-13,20H,10-11,14-15H2,1-2H3/t20-/m0/s1. The van der Waals surface area contributed by atoms with E-state index < -0.39 is 17.6 Å². The molecule has 0 unspecified atom stereocenters. The van der Waals surface area contributed by atoms with Gasteiger partial charge in [-0.1, -0.05) is 6.07 Å². The molecule has 0 radical (unpaired) electrons. The minimum absolute atomic E-state index is 0.0572. The maximum absolute atomic E-state index is 13.5. The largest absolute Gasteiger partial charge is 0.416 e. The Balaban J connectivity index is 1.58. The third kappa shape index (κ3) is 5.69. The van der Waals surface area contributed by atoms with Crippen molar-refractivity contribution in [3.8, 4) is 0 Å². The first-order valence-electron chi connectivity index (χ1n) is 11.1. The summed E-state index contributed by atoms with van der Waals surface area (Å²) < 4.78 is 43.9. The first kappa shape index (κ1) is 26.1. The molecule has 1 atom stereocenters. The van der Waals surface area contributed by atoms with Gasteiger partial charge in [-0.05, 0) is 59.6 Å². The van der Waals surface area contributed by atoms with Gasteiger partial charge in [0.05, 0.1) is 28.8 Å². The van der Waals surface area contributed by atoms with E-state index in [1.807, 2.05) is 35.9 Å². The van der Waals surface area contributed by atoms with Crippen LogP contribution in [-0.4, -0.2) is 54.2 Å². The fourth-order valence-electron chi connectivity index (χ4n) is 3.94. The highest BCUT2D eigenvalue weighted by Gasteiger charge is 2.36. The molecular formula is C25H24F3N3O3S2. The summed E-state index contributed by atoms with van der Waals surface area (Å²) in [5.74, 6) is -0.935. The van der Waals surface area contributed by atoms with E-state index in [0.29, 0.717) is 6.42 Å². The van der Waals surface area contributed by atoms with E-state index in [1.54, 1.807) is 22.7 Å². The van der Waals surface area contributed by atoms with Crippen LogP contribution in [0.2, 0.25) is 0 Å². The number of carbonyl (C=O) groups is 2. The van der Waals surface area contributed by atoms with Crippen LogP contribution in [0, 0.1) is 6.92 Å². The number of amides is 2. The molecule has 0 saturated carbocycles. The van der Waals surface area contributed by atoms with E-state index in [2.05, 4.69) is 5.10 Å². The molecule has 0 saturated heterocycles. The predicted molar refractivity (Wildman–Crippen MR) is 133 cm³/mol. The number of alkyl halides is 3. The van der Waals surface area contributed by atoms with E-state index in [4.69, 9.17) is 4.74 Å². The van der Waals surface area contributed by atoms with Gasteiger partial charge in [-0.15, -0.1) is 22.7 Å². The van der Waals surface area contributed by atoms with Crippen LogP contribution in [0.5, 0.6) is 0 Å². The molecule has 2 aromatic heterocycles. The van der Waals surface area contributed by atoms with E-state index in [1.165, 1.54) is 17.0 Å². The van der Waals surface area contributed by atoms with Crippen molar-refractivity contribution in [1.29, 1.82) is 0 Å². The fourth-order valence-corrected chi connectivity index (χ4v) is 5.67. The maximum atomic E-state index is 13.5. The van der Waals surface area contributed by atoms with Crippen LogP contribution >= 0.6 is 22.7 Å². The second-order valence-corrected chi connectivity index (χ2v) is 10.1. The van der Waals surface area contributed by atoms with Gasteiger partial charge in [0.1, 0.15) is 6.54 Å². The third-order valence-electron chi connectivity index (χ3n) is 5.81. The lowest BCUT2D eigenvalue weighted by atomic mass is 10.1. The van der Waals surface area contributed by atoms with E-state index in [0.717, 1.165) is 45.3 Å². The number of aryl methyl sites for hydroxylation is 1. The number of rotatable bonds is 8. The molecule has 36 heavy (non-hydrogen) atoms. The Kier molecular flexibility index (Phi) is 7.91. The predicted octanol–water partition coefficient (Wildman–Crippen LogP) is 5.60. The van der Waals surface area contributed by atoms with Gasteiger partial charge in [0.15, 0.2) is 0 Å². The summed E-state index contributed by atoms with van der Waals surface area (Å²) in [6, 6.07) is 9.54. The molecule has 4 rings (SSSR count). The third-order valence-corrected chi connectivity index (χ3v) is 7.85. The number of ether oxygens (including phenoxy) is 1. The van der Waals surface area contributed by atoms with Crippen LogP contribution in [0.15, 0.2) is 58.3 Å². The lowest BCUT2D eigenvalue weighted by Gasteiger charge is -2.27. The highest BCUT2D eigenvalue weighted by Crippen LogP contribution is 2.38. The minimum atomic E-state index is -4.50. The zero-order chi connectivity index (χ0) is 25.9. The van der Waals surface area contributed by atoms with Gasteiger partial charge in [-0.25, -0.2) is 5.01 Å². The number of nitrogens with zero attached hydrogens (tertiary/aromatic N) is 3. The molecule has 2 amide bonds. The number of thiophene rings is 2. The summed E-state index contributed by atoms with van der Waals surface area (Å²) in [5, 5.41) is 9.99. The normalized spacial score (nSPS) is 15.8. The zero-order valence-electron chi connectivity index (χ0n) is 19.6. The fraction of sp³-hybridized carbons (Fsp3) is 0.320. The second-order valence-electron chi connectivity index (χ2n) is 8.24. The number of halogens is 3. The summed E-state index contributed by atoms with van der Waals surface area (Å²) in [4.78, 5) is 30.0. The summed E-state index contributed by atoms with van der Waals surface area (Å²) in [5.41, 5.74) is 1.07. The monoisotopic (exact) mass is 535 g/mol. The van der Waals surface area contributed by atoms with Crippen LogP contribution in [0.3, 0.4) is 0 Å². The molecule has 3 aromatic rings. The average Bonchev–Trinajstić information content (AvgIpc) is 3.61. The Morgan fingerprint density at radius 3 is 2.47 bits per heavy atom. The number of carbonyl (C=O) groups excluding carboxylic acids is 2. The van der Waals surface area contributed by atoms with Gasteiger partial charge in [-0.2, -0.15) is 18.3 Å². The molecule has 0 bridgehead atoms. The summed E-state index contributed by atoms with van der Waals surface area (Å²) in [6.45, 7) is 1.96. The van der Waals surface area contributed by atoms with E-state index in [-0.39, 0.29) is 37.2 Å². The topological polar surface area (TPSA) is 62.2 Å². The molecule has 1 aromatic carbocycles. The van der Waals surface area contributed by atoms with Crippen molar-refractivity contribution >= 4 is 40.2 Å². The smallest absolute Gasteiger partial charge is 0.383 e. The molecule has 0 aliphatic carbocycles. The highest BCUT2D eigenvalue weighted by molar-refractivity contribution is 7.12. The van der Waals surface area contributed by atoms with Crippen molar-refractivity contribution in [3.05, 3.63) is 79.7 Å². The Morgan fingerprint density at radius 1 is 1.14 bits per heavy atom. The van der Waals surface area contributed by atoms with Crippen molar-refractivity contribution in [2.24, 2.45) is 5.10 Å². The number of hydrogen-bond donors (Lipinski definition) is 0. The maximum Gasteiger partial charge on any atom is 0.416 e. The Bertz CT molecular complexity index is 1240. The summed E-state index contributed by atoms with van der Waals surface area (Å²) in [6.07, 6.45) is -3.95. The van der Waals surface area contributed by atoms with Crippen LogP contribution in [0.4, 0.5) is 13.2 Å². The number of hydrogen-bond acceptors (Lipinski definition) is 6. The molecule has 190 valence electrons. The van der Waals surface area contributed by atoms with Crippen LogP contribution in [-0.2, 0) is 15.7 Å². The SMILES string of the molecule is COCCN(CC(=O)N1N=C(c2cccs2)C[C@H]1c1sccc1C)C(=O)c1ccc(C(F)(F)F)cc1. The second kappa shape index (κ2) is 10.9. The highest BCUT2D eigenvalue weighted by atomic mass is 32.1. The van der Waals surface area contributed by atoms with Crippen molar-refractivity contribution in [2.45, 2.75) is 25.6 Å². The van der Waals surface area contributed by atoms with E-state index in [9.17, 15) is 22.8 Å². The lowest BCUT2D eigenvalue weighted by molar-refractivity contribution is -0.137. The molecular weight excluding hydrogens is 511 g/mol. The van der Waals surface area contributed by atoms with Gasteiger partial charge in [0.2, 0.25) is 0 Å². The van der Waals surface area contributed by atoms with Gasteiger partial charge in [0.25, 0.3) is 11.8 Å². The van der Waals surface area contributed by atoms with Crippen LogP contribution < -0.4 is 0 Å². The Morgan fingerprint density at radius 2 is 1.89 bits per heavy atom. The van der Waals surface area contributed by atoms with Gasteiger partial charge in [0, 0.05) is 30.5 Å². The minimum Gasteiger partial charge on any atom is -0.383 e. The Labute approximate surface area is 214 Å². The first-order valence-corrected chi connectivity index (χ1v) is 12.9. The lowest BCUT2D eigenvalue weighted by Crippen LogP contribution is -2.42. The number of hydrazone groups is 1. The molecule has 1 aliphatic heterocycles. The molecule has 0 N–H and O–H groups in total. The van der Waals surface area contributed by atoms with Crippen molar-refractivity contribution in [3.63, 3.8) is 0 Å². The molecule has 11 heteroatoms. The van der Waals surface area contributed by atoms with Gasteiger partial charge >= 0.3 is 6.18 Å². The van der Waals surface area contributed by atoms with E-state index >= 15 is 0 Å². The van der Waals surface area contributed by atoms with Crippen LogP contribution in [0.1, 0.15) is 43.7 Å². The molecule has 0 fully saturated rings. The van der Waals surface area contributed by atoms with Crippen molar-refractivity contribution < 1.29 is 27.5 Å². The molecule has 6 nitrogen and oxygen atoms in total. The molecule has 1 aliphatic rings. The van der Waals surface area contributed by atoms with Crippen molar-refractivity contribution in [1.82, 2.24) is 9.91 Å². The molecule has 3 heterocycles. The van der Waals surface area contributed by atoms with Gasteiger partial charge < -0.3 is 9.64 Å². The van der Waals surface area contributed by atoms with Crippen LogP contribution in [0.25, 0.3) is 0 Å². The Hall–Kier alpha value is -3.02. The van der Waals surface area contributed by atoms with Crippen molar-refractivity contribution in [2.75, 3.05) is 26.8 Å². The molecule has 0 spiro atoms. The number of benzene rings is 1. The zero-order valence-corrected chi connectivity index (χ0v) is 21.3. The first-order chi connectivity index (χ1) is 17.2. The van der Waals surface area contributed by atoms with Gasteiger partial charge in [-0.3, -0.25) is 9.59 Å². The quantitative estimate of drug-likeness (QED) is 0.377. The average molecular weight is 536 g/mol. The number of methoxy groups -OCH3 is 1. The summed E-state index contributed by atoms with van der Waals surface area (Å²) in [7, 11) is 1.47.